The number of methoxy groups -OCH3 is 1. The molecule has 1 aromatic carbocycles. The average Bonchev–Trinajstić information content (AvgIpc) is 3.41. The van der Waals surface area contributed by atoms with Crippen LogP contribution in [0.4, 0.5) is 0 Å². The maximum absolute atomic E-state index is 13.5. The number of furan rings is 1. The first-order valence-corrected chi connectivity index (χ1v) is 11.2. The topological polar surface area (TPSA) is 109 Å². The van der Waals surface area contributed by atoms with Crippen LogP contribution in [0.3, 0.4) is 0 Å². The number of carbonyl (C=O) groups excluding carboxylic acids is 2. The van der Waals surface area contributed by atoms with Gasteiger partial charge in [0.05, 0.1) is 41.8 Å². The molecule has 34 heavy (non-hydrogen) atoms. The van der Waals surface area contributed by atoms with Gasteiger partial charge in [-0.15, -0.1) is 0 Å². The van der Waals surface area contributed by atoms with E-state index < -0.39 is 18.0 Å². The summed E-state index contributed by atoms with van der Waals surface area (Å²) in [5.74, 6) is -0.0433. The van der Waals surface area contributed by atoms with Crippen LogP contribution in [0.2, 0.25) is 0 Å². The minimum atomic E-state index is -0.825. The number of hydrogen-bond acceptors (Lipinski definition) is 9. The number of rotatable bonds is 6. The van der Waals surface area contributed by atoms with E-state index in [0.29, 0.717) is 26.4 Å². The van der Waals surface area contributed by atoms with Gasteiger partial charge in [-0.2, -0.15) is 0 Å². The van der Waals surface area contributed by atoms with Gasteiger partial charge in [-0.3, -0.25) is 14.2 Å². The molecule has 0 bridgehead atoms. The summed E-state index contributed by atoms with van der Waals surface area (Å²) in [5.41, 5.74) is 0.914. The quantitative estimate of drug-likeness (QED) is 0.392. The number of carbonyl (C=O) groups is 2. The Morgan fingerprint density at radius 1 is 1.26 bits per heavy atom. The van der Waals surface area contributed by atoms with Gasteiger partial charge in [-0.1, -0.05) is 17.4 Å². The molecule has 3 aromatic rings. The monoisotopic (exact) mass is 482 g/mol. The van der Waals surface area contributed by atoms with Crippen LogP contribution < -0.4 is 24.4 Å². The van der Waals surface area contributed by atoms with Gasteiger partial charge in [0, 0.05) is 13.0 Å². The van der Waals surface area contributed by atoms with E-state index in [2.05, 4.69) is 4.99 Å². The van der Waals surface area contributed by atoms with Crippen LogP contribution in [0.1, 0.15) is 38.1 Å². The summed E-state index contributed by atoms with van der Waals surface area (Å²) in [4.78, 5) is 42.9. The zero-order chi connectivity index (χ0) is 24.4. The van der Waals surface area contributed by atoms with Crippen molar-refractivity contribution in [3.05, 3.63) is 78.9 Å². The fourth-order valence-corrected chi connectivity index (χ4v) is 4.73. The smallest absolute Gasteiger partial charge is 0.338 e. The predicted molar refractivity (Wildman–Crippen MR) is 123 cm³/mol. The highest BCUT2D eigenvalue weighted by Crippen LogP contribution is 2.36. The van der Waals surface area contributed by atoms with Crippen LogP contribution >= 0.6 is 11.3 Å². The maximum atomic E-state index is 13.5. The second-order valence-electron chi connectivity index (χ2n) is 7.32. The van der Waals surface area contributed by atoms with Gasteiger partial charge >= 0.3 is 11.9 Å². The fraction of sp³-hybridized carbons (Fsp3) is 0.250. The second-order valence-corrected chi connectivity index (χ2v) is 8.33. The highest BCUT2D eigenvalue weighted by Gasteiger charge is 2.34. The molecule has 0 spiro atoms. The zero-order valence-corrected chi connectivity index (χ0v) is 19.8. The molecule has 0 fully saturated rings. The SMILES string of the molecule is CCOC(=O)C1=C(C)N=c2s/c(=C/c3ccco3)c(=O)n2[C@H]1c1ccc(OC(C)=O)c(OC)c1. The number of benzene rings is 1. The molecule has 0 radical (unpaired) electrons. The number of aromatic nitrogens is 1. The van der Waals surface area contributed by atoms with E-state index >= 15 is 0 Å². The molecule has 9 nitrogen and oxygen atoms in total. The van der Waals surface area contributed by atoms with E-state index in [0.717, 1.165) is 0 Å². The molecule has 0 aliphatic carbocycles. The van der Waals surface area contributed by atoms with Gasteiger partial charge in [0.25, 0.3) is 5.56 Å². The second kappa shape index (κ2) is 9.52. The Balaban J connectivity index is 1.95. The van der Waals surface area contributed by atoms with E-state index in [9.17, 15) is 14.4 Å². The van der Waals surface area contributed by atoms with Crippen molar-refractivity contribution in [2.45, 2.75) is 26.8 Å². The normalized spacial score (nSPS) is 15.5. The number of thiazole rings is 1. The van der Waals surface area contributed by atoms with Crippen molar-refractivity contribution >= 4 is 29.4 Å². The first-order chi connectivity index (χ1) is 16.3. The molecule has 0 unspecified atom stereocenters. The van der Waals surface area contributed by atoms with Gasteiger partial charge in [-0.05, 0) is 43.7 Å². The zero-order valence-electron chi connectivity index (χ0n) is 19.0. The summed E-state index contributed by atoms with van der Waals surface area (Å²) in [6.45, 7) is 4.86. The van der Waals surface area contributed by atoms with Crippen molar-refractivity contribution in [1.29, 1.82) is 0 Å². The van der Waals surface area contributed by atoms with Crippen molar-refractivity contribution in [2.75, 3.05) is 13.7 Å². The van der Waals surface area contributed by atoms with E-state index in [1.165, 1.54) is 36.2 Å². The molecule has 0 N–H and O–H groups in total. The molecule has 0 saturated carbocycles. The molecule has 1 aliphatic rings. The van der Waals surface area contributed by atoms with E-state index in [-0.39, 0.29) is 29.2 Å². The Kier molecular flexibility index (Phi) is 6.51. The van der Waals surface area contributed by atoms with Gasteiger partial charge in [0.2, 0.25) is 0 Å². The minimum Gasteiger partial charge on any atom is -0.493 e. The molecule has 10 heteroatoms. The number of allylic oxidation sites excluding steroid dienone is 1. The lowest BCUT2D eigenvalue weighted by molar-refractivity contribution is -0.139. The van der Waals surface area contributed by atoms with Crippen molar-refractivity contribution in [2.24, 2.45) is 4.99 Å². The molecular formula is C24H22N2O7S. The Morgan fingerprint density at radius 3 is 2.71 bits per heavy atom. The lowest BCUT2D eigenvalue weighted by Crippen LogP contribution is -2.39. The van der Waals surface area contributed by atoms with Gasteiger partial charge in [-0.25, -0.2) is 9.79 Å². The molecular weight excluding hydrogens is 460 g/mol. The third kappa shape index (κ3) is 4.32. The number of ether oxygens (including phenoxy) is 3. The Hall–Kier alpha value is -3.92. The summed E-state index contributed by atoms with van der Waals surface area (Å²) in [7, 11) is 1.44. The van der Waals surface area contributed by atoms with Gasteiger partial charge in [0.1, 0.15) is 5.76 Å². The average molecular weight is 483 g/mol. The number of hydrogen-bond donors (Lipinski definition) is 0. The van der Waals surface area contributed by atoms with Crippen LogP contribution in [0, 0.1) is 0 Å². The highest BCUT2D eigenvalue weighted by molar-refractivity contribution is 7.07. The van der Waals surface area contributed by atoms with Crippen LogP contribution in [-0.4, -0.2) is 30.2 Å². The minimum absolute atomic E-state index is 0.167. The van der Waals surface area contributed by atoms with Crippen molar-refractivity contribution in [3.8, 4) is 11.5 Å². The fourth-order valence-electron chi connectivity index (χ4n) is 3.70. The summed E-state index contributed by atoms with van der Waals surface area (Å²) in [6.07, 6.45) is 3.15. The van der Waals surface area contributed by atoms with Gasteiger partial charge < -0.3 is 18.6 Å². The Bertz CT molecular complexity index is 1460. The van der Waals surface area contributed by atoms with E-state index in [1.54, 1.807) is 50.3 Å². The summed E-state index contributed by atoms with van der Waals surface area (Å²) < 4.78 is 23.1. The predicted octanol–water partition coefficient (Wildman–Crippen LogP) is 2.33. The standard InChI is InChI=1S/C24H22N2O7S/c1-5-31-23(29)20-13(2)25-24-26(22(28)19(34-24)12-16-7-6-10-32-16)21(20)15-8-9-17(33-14(3)27)18(11-15)30-4/h6-12,21H,5H2,1-4H3/b19-12+/t21-/m0/s1. The number of esters is 2. The van der Waals surface area contributed by atoms with Gasteiger partial charge in [0.15, 0.2) is 16.3 Å². The first-order valence-electron chi connectivity index (χ1n) is 10.4. The molecule has 0 amide bonds. The van der Waals surface area contributed by atoms with E-state index in [4.69, 9.17) is 18.6 Å². The third-order valence-electron chi connectivity index (χ3n) is 5.09. The van der Waals surface area contributed by atoms with Crippen molar-refractivity contribution < 1.29 is 28.2 Å². The van der Waals surface area contributed by atoms with Crippen LogP contribution in [0.5, 0.6) is 11.5 Å². The highest BCUT2D eigenvalue weighted by atomic mass is 32.1. The summed E-state index contributed by atoms with van der Waals surface area (Å²) in [5, 5.41) is 0. The molecule has 2 aromatic heterocycles. The Morgan fingerprint density at radius 2 is 2.06 bits per heavy atom. The number of nitrogens with zero attached hydrogens (tertiary/aromatic N) is 2. The largest absolute Gasteiger partial charge is 0.493 e. The van der Waals surface area contributed by atoms with Crippen LogP contribution in [0.25, 0.3) is 6.08 Å². The van der Waals surface area contributed by atoms with E-state index in [1.807, 2.05) is 0 Å². The van der Waals surface area contributed by atoms with Crippen LogP contribution in [0.15, 0.2) is 62.1 Å². The lowest BCUT2D eigenvalue weighted by Gasteiger charge is -2.25. The summed E-state index contributed by atoms with van der Waals surface area (Å²) >= 11 is 1.19. The Labute approximate surface area is 198 Å². The van der Waals surface area contributed by atoms with Crippen LogP contribution in [-0.2, 0) is 14.3 Å². The molecule has 1 aliphatic heterocycles. The lowest BCUT2D eigenvalue weighted by atomic mass is 9.95. The molecule has 1 atom stereocenters. The third-order valence-corrected chi connectivity index (χ3v) is 6.07. The molecule has 3 heterocycles. The maximum Gasteiger partial charge on any atom is 0.338 e. The first kappa shape index (κ1) is 23.2. The van der Waals surface area contributed by atoms with Crippen molar-refractivity contribution in [3.63, 3.8) is 0 Å². The number of fused-ring (bicyclic) bond motifs is 1. The molecule has 0 saturated heterocycles. The molecule has 176 valence electrons. The molecule has 4 rings (SSSR count). The van der Waals surface area contributed by atoms with Crippen molar-refractivity contribution in [1.82, 2.24) is 4.57 Å². The summed E-state index contributed by atoms with van der Waals surface area (Å²) in [6, 6.07) is 7.51.